The normalized spacial score (nSPS) is 13.3. The fourth-order valence-electron chi connectivity index (χ4n) is 11.1. The van der Waals surface area contributed by atoms with E-state index >= 15 is 0 Å². The molecule has 0 spiro atoms. The van der Waals surface area contributed by atoms with Gasteiger partial charge in [-0.1, -0.05) is 387 Å². The maximum Gasteiger partial charge on any atom is 0.220 e. The smallest absolute Gasteiger partial charge is 0.220 e. The SMILES string of the molecule is CC/C=C\C/C=C\C/C=C\C/C=C\C/C=C\C/C=C\C/C=C\C/C=C\CCCCCCCCCCCCCCCCCCC(=O)NC(CO)C(O)CCCCCCCCCCCCCCCCCCCCCCCCCCCCCCC. The molecule has 0 saturated heterocycles. The van der Waals surface area contributed by atoms with Crippen LogP contribution in [0.3, 0.4) is 0 Å². The van der Waals surface area contributed by atoms with E-state index in [1.165, 1.54) is 270 Å². The predicted molar refractivity (Wildman–Crippen MR) is 368 cm³/mol. The molecule has 0 bridgehead atoms. The summed E-state index contributed by atoms with van der Waals surface area (Å²) in [7, 11) is 0. The fourth-order valence-corrected chi connectivity index (χ4v) is 11.1. The highest BCUT2D eigenvalue weighted by Crippen LogP contribution is 2.19. The minimum Gasteiger partial charge on any atom is -0.394 e. The number of rotatable bonds is 67. The van der Waals surface area contributed by atoms with E-state index in [0.717, 1.165) is 77.0 Å². The lowest BCUT2D eigenvalue weighted by atomic mass is 10.0. The zero-order valence-electron chi connectivity index (χ0n) is 55.0. The third-order valence-electron chi connectivity index (χ3n) is 16.6. The van der Waals surface area contributed by atoms with E-state index in [1.807, 2.05) is 0 Å². The van der Waals surface area contributed by atoms with Crippen LogP contribution in [-0.2, 0) is 4.79 Å². The Morgan fingerprint density at radius 3 is 0.805 bits per heavy atom. The van der Waals surface area contributed by atoms with Crippen molar-refractivity contribution in [1.29, 1.82) is 0 Å². The second-order valence-corrected chi connectivity index (χ2v) is 24.6. The Morgan fingerprint density at radius 1 is 0.305 bits per heavy atom. The van der Waals surface area contributed by atoms with Gasteiger partial charge in [-0.2, -0.15) is 0 Å². The van der Waals surface area contributed by atoms with Gasteiger partial charge in [0, 0.05) is 6.42 Å². The number of unbranched alkanes of at least 4 members (excludes halogenated alkanes) is 44. The summed E-state index contributed by atoms with van der Waals surface area (Å²) < 4.78 is 0. The topological polar surface area (TPSA) is 69.6 Å². The van der Waals surface area contributed by atoms with Crippen LogP contribution in [0.2, 0.25) is 0 Å². The van der Waals surface area contributed by atoms with E-state index in [2.05, 4.69) is 116 Å². The van der Waals surface area contributed by atoms with Crippen LogP contribution in [0.4, 0.5) is 0 Å². The quantitative estimate of drug-likeness (QED) is 0.0420. The Bertz CT molecular complexity index is 1480. The van der Waals surface area contributed by atoms with Gasteiger partial charge in [-0.25, -0.2) is 0 Å². The molecule has 0 aliphatic carbocycles. The standard InChI is InChI=1S/C78H141NO3/c1-3-5-7-9-11-13-15-17-19-21-23-25-27-29-31-33-34-35-36-37-38-39-40-41-42-43-44-46-48-50-52-54-56-58-60-62-64-66-68-70-72-74-78(82)79-76(75-80)77(81)73-71-69-67-65-63-61-59-57-55-53-51-49-47-45-32-30-28-26-24-22-20-18-16-14-12-10-8-6-4-2/h5,7,11,13,17,19,23,25,29,31,34-35,37-38,40-41,76-77,80-81H,3-4,6,8-10,12,14-16,18,20-22,24,26-28,30,32-33,36,39,42-75H2,1-2H3,(H,79,82)/b7-5-,13-11-,19-17-,25-23-,31-29-,35-34-,38-37-,41-40-. The highest BCUT2D eigenvalue weighted by Gasteiger charge is 2.20. The first-order valence-corrected chi connectivity index (χ1v) is 36.4. The maximum atomic E-state index is 12.6. The number of hydrogen-bond acceptors (Lipinski definition) is 3. The van der Waals surface area contributed by atoms with Gasteiger partial charge >= 0.3 is 0 Å². The Kier molecular flexibility index (Phi) is 70.2. The number of aliphatic hydroxyl groups excluding tert-OH is 2. The van der Waals surface area contributed by atoms with Crippen molar-refractivity contribution in [2.45, 2.75) is 386 Å². The zero-order valence-corrected chi connectivity index (χ0v) is 55.0. The summed E-state index contributed by atoms with van der Waals surface area (Å²) in [6.45, 7) is 4.28. The summed E-state index contributed by atoms with van der Waals surface area (Å²) in [6, 6.07) is -0.542. The van der Waals surface area contributed by atoms with Gasteiger partial charge in [-0.15, -0.1) is 0 Å². The van der Waals surface area contributed by atoms with E-state index < -0.39 is 12.1 Å². The van der Waals surface area contributed by atoms with Crippen molar-refractivity contribution >= 4 is 5.91 Å². The lowest BCUT2D eigenvalue weighted by molar-refractivity contribution is -0.123. The van der Waals surface area contributed by atoms with E-state index in [4.69, 9.17) is 0 Å². The van der Waals surface area contributed by atoms with Gasteiger partial charge in [0.15, 0.2) is 0 Å². The first-order chi connectivity index (χ1) is 40.7. The van der Waals surface area contributed by atoms with Crippen LogP contribution in [0.1, 0.15) is 373 Å². The summed E-state index contributed by atoms with van der Waals surface area (Å²) in [4.78, 5) is 12.6. The van der Waals surface area contributed by atoms with E-state index in [0.29, 0.717) is 12.8 Å². The number of carbonyl (C=O) groups excluding carboxylic acids is 1. The van der Waals surface area contributed by atoms with Crippen LogP contribution in [0, 0.1) is 0 Å². The molecule has 476 valence electrons. The number of carbonyl (C=O) groups is 1. The minimum atomic E-state index is -0.665. The molecule has 0 aromatic rings. The number of nitrogens with one attached hydrogen (secondary N) is 1. The minimum absolute atomic E-state index is 0.0279. The number of allylic oxidation sites excluding steroid dienone is 16. The Labute approximate surface area is 513 Å². The molecule has 2 unspecified atom stereocenters. The third kappa shape index (κ3) is 68.1. The molecule has 0 aliphatic heterocycles. The van der Waals surface area contributed by atoms with E-state index in [-0.39, 0.29) is 12.5 Å². The molecule has 0 rings (SSSR count). The van der Waals surface area contributed by atoms with Gasteiger partial charge in [0.2, 0.25) is 5.91 Å². The zero-order chi connectivity index (χ0) is 59.1. The van der Waals surface area contributed by atoms with Crippen LogP contribution in [0.5, 0.6) is 0 Å². The Hall–Kier alpha value is -2.69. The molecule has 0 aliphatic rings. The van der Waals surface area contributed by atoms with Crippen molar-refractivity contribution in [2.75, 3.05) is 6.61 Å². The molecular weight excluding hydrogens is 999 g/mol. The van der Waals surface area contributed by atoms with Crippen molar-refractivity contribution in [3.8, 4) is 0 Å². The van der Waals surface area contributed by atoms with Gasteiger partial charge in [0.1, 0.15) is 0 Å². The van der Waals surface area contributed by atoms with Crippen LogP contribution in [0.15, 0.2) is 97.2 Å². The number of aliphatic hydroxyl groups is 2. The molecule has 2 atom stereocenters. The molecule has 0 saturated carbocycles. The molecule has 3 N–H and O–H groups in total. The average molecular weight is 1140 g/mol. The van der Waals surface area contributed by atoms with Crippen molar-refractivity contribution in [2.24, 2.45) is 0 Å². The van der Waals surface area contributed by atoms with Crippen LogP contribution >= 0.6 is 0 Å². The van der Waals surface area contributed by atoms with Gasteiger partial charge < -0.3 is 15.5 Å². The average Bonchev–Trinajstić information content (AvgIpc) is 3.50. The molecule has 82 heavy (non-hydrogen) atoms. The number of hydrogen-bond donors (Lipinski definition) is 3. The molecule has 0 fully saturated rings. The van der Waals surface area contributed by atoms with Crippen LogP contribution < -0.4 is 5.32 Å². The molecule has 4 nitrogen and oxygen atoms in total. The van der Waals surface area contributed by atoms with Crippen molar-refractivity contribution in [3.05, 3.63) is 97.2 Å². The highest BCUT2D eigenvalue weighted by atomic mass is 16.3. The van der Waals surface area contributed by atoms with Crippen molar-refractivity contribution in [1.82, 2.24) is 5.32 Å². The predicted octanol–water partition coefficient (Wildman–Crippen LogP) is 25.2. The largest absolute Gasteiger partial charge is 0.394 e. The summed E-state index contributed by atoms with van der Waals surface area (Å²) in [5.41, 5.74) is 0. The Morgan fingerprint density at radius 2 is 0.537 bits per heavy atom. The van der Waals surface area contributed by atoms with Gasteiger partial charge in [-0.3, -0.25) is 4.79 Å². The molecular formula is C78H141NO3. The molecule has 0 aromatic heterocycles. The Balaban J connectivity index is 3.45. The molecule has 4 heteroatoms. The van der Waals surface area contributed by atoms with Crippen LogP contribution in [-0.4, -0.2) is 34.9 Å². The van der Waals surface area contributed by atoms with Gasteiger partial charge in [-0.05, 0) is 77.0 Å². The molecule has 0 heterocycles. The summed E-state index contributed by atoms with van der Waals surface area (Å²) in [6.07, 6.45) is 108. The van der Waals surface area contributed by atoms with Crippen molar-refractivity contribution < 1.29 is 15.0 Å². The van der Waals surface area contributed by atoms with E-state index in [9.17, 15) is 15.0 Å². The summed E-state index contributed by atoms with van der Waals surface area (Å²) in [5, 5.41) is 23.5. The molecule has 0 aromatic carbocycles. The number of amides is 1. The van der Waals surface area contributed by atoms with Crippen molar-refractivity contribution in [3.63, 3.8) is 0 Å². The van der Waals surface area contributed by atoms with Gasteiger partial charge in [0.25, 0.3) is 0 Å². The fraction of sp³-hybridized carbons (Fsp3) is 0.782. The summed E-state index contributed by atoms with van der Waals surface area (Å²) in [5.74, 6) is -0.0279. The summed E-state index contributed by atoms with van der Waals surface area (Å²) >= 11 is 0. The first-order valence-electron chi connectivity index (χ1n) is 36.4. The second kappa shape index (κ2) is 72.6. The lowest BCUT2D eigenvalue weighted by Crippen LogP contribution is -2.45. The molecule has 1 amide bonds. The van der Waals surface area contributed by atoms with Crippen LogP contribution in [0.25, 0.3) is 0 Å². The van der Waals surface area contributed by atoms with Gasteiger partial charge in [0.05, 0.1) is 18.8 Å². The highest BCUT2D eigenvalue weighted by molar-refractivity contribution is 5.76. The molecule has 0 radical (unpaired) electrons. The maximum absolute atomic E-state index is 12.6. The monoisotopic (exact) mass is 1140 g/mol. The van der Waals surface area contributed by atoms with E-state index in [1.54, 1.807) is 0 Å². The first kappa shape index (κ1) is 79.3. The lowest BCUT2D eigenvalue weighted by Gasteiger charge is -2.22. The second-order valence-electron chi connectivity index (χ2n) is 24.6. The third-order valence-corrected chi connectivity index (χ3v) is 16.6.